The average molecular weight is 423 g/mol. The quantitative estimate of drug-likeness (QED) is 0.618. The van der Waals surface area contributed by atoms with Crippen LogP contribution in [-0.2, 0) is 24.3 Å². The van der Waals surface area contributed by atoms with E-state index < -0.39 is 16.0 Å². The van der Waals surface area contributed by atoms with Gasteiger partial charge in [0.05, 0.1) is 5.92 Å². The maximum atomic E-state index is 12.5. The molecule has 29 heavy (non-hydrogen) atoms. The predicted molar refractivity (Wildman–Crippen MR) is 112 cm³/mol. The van der Waals surface area contributed by atoms with Crippen molar-refractivity contribution in [2.75, 3.05) is 19.7 Å². The van der Waals surface area contributed by atoms with Crippen molar-refractivity contribution in [2.24, 2.45) is 5.92 Å². The molecule has 1 fully saturated rings. The average Bonchev–Trinajstić information content (AvgIpc) is 2.75. The molecule has 1 amide bonds. The Morgan fingerprint density at radius 3 is 2.38 bits per heavy atom. The first-order valence-corrected chi connectivity index (χ1v) is 11.5. The first-order valence-electron chi connectivity index (χ1n) is 10.0. The molecular weight excluding hydrogens is 392 g/mol. The molecular formula is C21H30N2O5S. The van der Waals surface area contributed by atoms with Crippen LogP contribution in [0.1, 0.15) is 45.1 Å². The highest BCUT2D eigenvalue weighted by Gasteiger charge is 2.31. The van der Waals surface area contributed by atoms with Gasteiger partial charge >= 0.3 is 5.97 Å². The largest absolute Gasteiger partial charge is 0.455 e. The second kappa shape index (κ2) is 11.1. The maximum Gasteiger partial charge on any atom is 0.309 e. The van der Waals surface area contributed by atoms with Gasteiger partial charge in [0.1, 0.15) is 0 Å². The zero-order chi connectivity index (χ0) is 21.3. The van der Waals surface area contributed by atoms with E-state index >= 15 is 0 Å². The summed E-state index contributed by atoms with van der Waals surface area (Å²) in [7, 11) is -3.54. The number of nitrogens with one attached hydrogen (secondary N) is 1. The van der Waals surface area contributed by atoms with Crippen LogP contribution in [0.15, 0.2) is 35.7 Å². The molecule has 1 saturated heterocycles. The minimum absolute atomic E-state index is 0.0820. The molecule has 1 aliphatic rings. The number of amides is 1. The van der Waals surface area contributed by atoms with Gasteiger partial charge in [0, 0.05) is 24.5 Å². The monoisotopic (exact) mass is 422 g/mol. The molecule has 0 saturated carbocycles. The number of carbonyl (C=O) groups is 2. The molecule has 0 bridgehead atoms. The molecule has 8 heteroatoms. The van der Waals surface area contributed by atoms with Gasteiger partial charge in [-0.3, -0.25) is 9.59 Å². The van der Waals surface area contributed by atoms with E-state index in [1.807, 2.05) is 44.2 Å². The van der Waals surface area contributed by atoms with Crippen molar-refractivity contribution in [1.82, 2.24) is 9.62 Å². The molecule has 0 radical (unpaired) electrons. The molecule has 160 valence electrons. The normalized spacial score (nSPS) is 16.2. The molecule has 0 atom stereocenters. The van der Waals surface area contributed by atoms with Crippen molar-refractivity contribution in [1.29, 1.82) is 0 Å². The molecule has 0 aromatic heterocycles. The summed E-state index contributed by atoms with van der Waals surface area (Å²) >= 11 is 0. The fraction of sp³-hybridized carbons (Fsp3) is 0.524. The molecule has 0 spiro atoms. The molecule has 7 nitrogen and oxygen atoms in total. The summed E-state index contributed by atoms with van der Waals surface area (Å²) in [4.78, 5) is 24.1. The Balaban J connectivity index is 1.79. The number of esters is 1. The smallest absolute Gasteiger partial charge is 0.309 e. The van der Waals surface area contributed by atoms with Crippen molar-refractivity contribution in [3.05, 3.63) is 41.3 Å². The summed E-state index contributed by atoms with van der Waals surface area (Å²) in [5.74, 6) is -1.14. The first kappa shape index (κ1) is 23.1. The van der Waals surface area contributed by atoms with Crippen LogP contribution in [0.2, 0.25) is 0 Å². The number of nitrogens with zero attached hydrogens (tertiary/aromatic N) is 1. The highest BCUT2D eigenvalue weighted by atomic mass is 32.2. The van der Waals surface area contributed by atoms with Crippen molar-refractivity contribution in [3.8, 4) is 0 Å². The van der Waals surface area contributed by atoms with Gasteiger partial charge in [0.2, 0.25) is 10.0 Å². The topological polar surface area (TPSA) is 92.8 Å². The number of hydrogen-bond donors (Lipinski definition) is 1. The lowest BCUT2D eigenvalue weighted by Gasteiger charge is -2.29. The standard InChI is InChI=1S/C21H30N2O5S/c1-3-19(4-2)22-20(24)16-28-21(25)18-10-13-23(14-11-18)29(26,27)15-12-17-8-6-5-7-9-17/h5-9,12,15,18-19H,3-4,10-11,13-14,16H2,1-2H3,(H,22,24)/b15-12+. The van der Waals surface area contributed by atoms with E-state index in [4.69, 9.17) is 4.74 Å². The van der Waals surface area contributed by atoms with E-state index in [1.165, 1.54) is 9.71 Å². The summed E-state index contributed by atoms with van der Waals surface area (Å²) < 4.78 is 31.5. The van der Waals surface area contributed by atoms with E-state index in [0.29, 0.717) is 12.8 Å². The van der Waals surface area contributed by atoms with E-state index in [0.717, 1.165) is 18.4 Å². The van der Waals surface area contributed by atoms with Crippen molar-refractivity contribution in [2.45, 2.75) is 45.6 Å². The lowest BCUT2D eigenvalue weighted by atomic mass is 9.98. The Hall–Kier alpha value is -2.19. The van der Waals surface area contributed by atoms with Crippen LogP contribution in [0.5, 0.6) is 0 Å². The van der Waals surface area contributed by atoms with Gasteiger partial charge in [-0.15, -0.1) is 0 Å². The summed E-state index contributed by atoms with van der Waals surface area (Å²) in [6.07, 6.45) is 3.97. The van der Waals surface area contributed by atoms with Crippen LogP contribution >= 0.6 is 0 Å². The predicted octanol–water partition coefficient (Wildman–Crippen LogP) is 2.55. The van der Waals surface area contributed by atoms with Crippen molar-refractivity contribution < 1.29 is 22.7 Å². The van der Waals surface area contributed by atoms with Crippen molar-refractivity contribution >= 4 is 28.0 Å². The van der Waals surface area contributed by atoms with Gasteiger partial charge in [-0.1, -0.05) is 44.2 Å². The lowest BCUT2D eigenvalue weighted by Crippen LogP contribution is -2.41. The second-order valence-electron chi connectivity index (χ2n) is 7.12. The fourth-order valence-corrected chi connectivity index (χ4v) is 4.40. The molecule has 1 heterocycles. The first-order chi connectivity index (χ1) is 13.9. The van der Waals surface area contributed by atoms with Crippen molar-refractivity contribution in [3.63, 3.8) is 0 Å². The summed E-state index contributed by atoms with van der Waals surface area (Å²) in [6, 6.07) is 9.29. The number of carbonyl (C=O) groups excluding carboxylic acids is 2. The summed E-state index contributed by atoms with van der Waals surface area (Å²) in [5.41, 5.74) is 0.807. The van der Waals surface area contributed by atoms with Crippen LogP contribution in [-0.4, -0.2) is 50.3 Å². The number of benzene rings is 1. The van der Waals surface area contributed by atoms with Gasteiger partial charge in [0.25, 0.3) is 5.91 Å². The zero-order valence-electron chi connectivity index (χ0n) is 17.0. The molecule has 1 aromatic carbocycles. The third-order valence-corrected chi connectivity index (χ3v) is 6.64. The van der Waals surface area contributed by atoms with Gasteiger partial charge in [0.15, 0.2) is 6.61 Å². The van der Waals surface area contributed by atoms with Crippen LogP contribution in [0.4, 0.5) is 0 Å². The van der Waals surface area contributed by atoms with Crippen LogP contribution in [0, 0.1) is 5.92 Å². The van der Waals surface area contributed by atoms with E-state index in [2.05, 4.69) is 5.32 Å². The maximum absolute atomic E-state index is 12.5. The molecule has 1 N–H and O–H groups in total. The highest BCUT2D eigenvalue weighted by Crippen LogP contribution is 2.22. The van der Waals surface area contributed by atoms with Crippen LogP contribution in [0.25, 0.3) is 6.08 Å². The van der Waals surface area contributed by atoms with Gasteiger partial charge in [-0.05, 0) is 37.3 Å². The number of ether oxygens (including phenoxy) is 1. The van der Waals surface area contributed by atoms with Gasteiger partial charge in [-0.2, -0.15) is 4.31 Å². The Labute approximate surface area is 173 Å². The Morgan fingerprint density at radius 2 is 1.79 bits per heavy atom. The lowest BCUT2D eigenvalue weighted by molar-refractivity contribution is -0.153. The molecule has 0 unspecified atom stereocenters. The van der Waals surface area contributed by atoms with E-state index in [1.54, 1.807) is 6.08 Å². The van der Waals surface area contributed by atoms with Crippen LogP contribution in [0.3, 0.4) is 0 Å². The summed E-state index contributed by atoms with van der Waals surface area (Å²) in [5, 5.41) is 4.02. The van der Waals surface area contributed by atoms with E-state index in [9.17, 15) is 18.0 Å². The summed E-state index contributed by atoms with van der Waals surface area (Å²) in [6.45, 7) is 4.17. The molecule has 2 rings (SSSR count). The number of piperidine rings is 1. The van der Waals surface area contributed by atoms with Crippen LogP contribution < -0.4 is 5.32 Å². The molecule has 1 aromatic rings. The Kier molecular flexibility index (Phi) is 8.85. The minimum Gasteiger partial charge on any atom is -0.455 e. The number of sulfonamides is 1. The molecule has 1 aliphatic heterocycles. The minimum atomic E-state index is -3.54. The van der Waals surface area contributed by atoms with E-state index in [-0.39, 0.29) is 37.6 Å². The number of rotatable bonds is 9. The third kappa shape index (κ3) is 7.29. The van der Waals surface area contributed by atoms with Gasteiger partial charge in [-0.25, -0.2) is 8.42 Å². The second-order valence-corrected chi connectivity index (χ2v) is 8.94. The fourth-order valence-electron chi connectivity index (χ4n) is 3.18. The third-order valence-electron chi connectivity index (χ3n) is 5.08. The zero-order valence-corrected chi connectivity index (χ0v) is 17.9. The molecule has 0 aliphatic carbocycles. The van der Waals surface area contributed by atoms with Gasteiger partial charge < -0.3 is 10.1 Å². The Bertz CT molecular complexity index is 796. The number of hydrogen-bond acceptors (Lipinski definition) is 5. The SMILES string of the molecule is CCC(CC)NC(=O)COC(=O)C1CCN(S(=O)(=O)/C=C/c2ccccc2)CC1. The highest BCUT2D eigenvalue weighted by molar-refractivity contribution is 7.92. The Morgan fingerprint density at radius 1 is 1.17 bits per heavy atom.